The Labute approximate surface area is 157 Å². The van der Waals surface area contributed by atoms with Gasteiger partial charge in [-0.3, -0.25) is 0 Å². The summed E-state index contributed by atoms with van der Waals surface area (Å²) in [5, 5.41) is 8.06. The van der Waals surface area contributed by atoms with E-state index in [-0.39, 0.29) is 9.92 Å². The van der Waals surface area contributed by atoms with E-state index >= 15 is 0 Å². The molecule has 0 atom stereocenters. The van der Waals surface area contributed by atoms with E-state index in [0.29, 0.717) is 50.1 Å². The maximum Gasteiger partial charge on any atom is 0.243 e. The van der Waals surface area contributed by atoms with Crippen molar-refractivity contribution in [3.8, 4) is 5.75 Å². The highest BCUT2D eigenvalue weighted by molar-refractivity contribution is 7.89. The second kappa shape index (κ2) is 7.91. The lowest BCUT2D eigenvalue weighted by atomic mass is 10.3. The number of halogens is 1. The van der Waals surface area contributed by atoms with Crippen molar-refractivity contribution in [2.75, 3.05) is 39.8 Å². The normalized spacial score (nSPS) is 16.7. The molecule has 1 fully saturated rings. The van der Waals surface area contributed by atoms with Crippen LogP contribution in [0.3, 0.4) is 0 Å². The summed E-state index contributed by atoms with van der Waals surface area (Å²) in [5.41, 5.74) is 0. The van der Waals surface area contributed by atoms with Crippen molar-refractivity contribution in [1.29, 1.82) is 0 Å². The lowest BCUT2D eigenvalue weighted by Crippen LogP contribution is -2.49. The molecule has 142 valence electrons. The Bertz CT molecular complexity index is 863. The predicted octanol–water partition coefficient (Wildman–Crippen LogP) is 1.59. The van der Waals surface area contributed by atoms with Crippen LogP contribution in [0.4, 0.5) is 0 Å². The van der Waals surface area contributed by atoms with E-state index in [0.717, 1.165) is 6.54 Å². The summed E-state index contributed by atoms with van der Waals surface area (Å²) in [5.74, 6) is 1.60. The fraction of sp³-hybridized carbons (Fsp3) is 0.500. The Morgan fingerprint density at radius 2 is 1.96 bits per heavy atom. The predicted molar refractivity (Wildman–Crippen MR) is 95.9 cm³/mol. The van der Waals surface area contributed by atoms with Gasteiger partial charge < -0.3 is 14.1 Å². The van der Waals surface area contributed by atoms with Gasteiger partial charge in [0, 0.05) is 46.1 Å². The number of methoxy groups -OCH3 is 1. The maximum atomic E-state index is 12.8. The third kappa shape index (κ3) is 4.17. The molecule has 0 unspecified atom stereocenters. The summed E-state index contributed by atoms with van der Waals surface area (Å²) in [4.78, 5) is 2.37. The van der Waals surface area contributed by atoms with Crippen LogP contribution in [0.5, 0.6) is 5.75 Å². The molecular weight excluding hydrogens is 380 g/mol. The van der Waals surface area contributed by atoms with Gasteiger partial charge in [-0.2, -0.15) is 4.31 Å². The molecular formula is C16H21ClN4O4S. The molecule has 1 aromatic heterocycles. The Morgan fingerprint density at radius 1 is 1.23 bits per heavy atom. The molecule has 0 saturated carbocycles. The first kappa shape index (κ1) is 19.1. The highest BCUT2D eigenvalue weighted by Gasteiger charge is 2.29. The largest absolute Gasteiger partial charge is 0.495 e. The molecule has 1 aromatic carbocycles. The number of sulfonamides is 1. The number of rotatable bonds is 6. The lowest BCUT2D eigenvalue weighted by molar-refractivity contribution is 0.186. The molecule has 0 spiro atoms. The molecule has 2 heterocycles. The number of hydrogen-bond acceptors (Lipinski definition) is 7. The monoisotopic (exact) mass is 400 g/mol. The minimum atomic E-state index is -3.57. The fourth-order valence-corrected chi connectivity index (χ4v) is 4.61. The van der Waals surface area contributed by atoms with Crippen LogP contribution >= 0.6 is 11.6 Å². The SMILES string of the molecule is COc1ccc(S(=O)(=O)N2CCN(CCc3nnc(C)o3)CC2)cc1Cl. The fourth-order valence-electron chi connectivity index (χ4n) is 2.84. The molecule has 26 heavy (non-hydrogen) atoms. The number of aromatic nitrogens is 2. The van der Waals surface area contributed by atoms with Gasteiger partial charge in [0.1, 0.15) is 5.75 Å². The van der Waals surface area contributed by atoms with Gasteiger partial charge >= 0.3 is 0 Å². The van der Waals surface area contributed by atoms with Crippen molar-refractivity contribution in [2.24, 2.45) is 0 Å². The number of hydrogen-bond donors (Lipinski definition) is 0. The van der Waals surface area contributed by atoms with Crippen LogP contribution in [-0.4, -0.2) is 67.7 Å². The first-order valence-electron chi connectivity index (χ1n) is 8.25. The lowest BCUT2D eigenvalue weighted by Gasteiger charge is -2.33. The van der Waals surface area contributed by atoms with Gasteiger partial charge in [-0.15, -0.1) is 10.2 Å². The van der Waals surface area contributed by atoms with Gasteiger partial charge in [0.2, 0.25) is 21.8 Å². The summed E-state index contributed by atoms with van der Waals surface area (Å²) in [6.45, 7) is 4.66. The zero-order valence-electron chi connectivity index (χ0n) is 14.7. The minimum Gasteiger partial charge on any atom is -0.495 e. The second-order valence-corrected chi connectivity index (χ2v) is 8.35. The molecule has 2 aromatic rings. The van der Waals surface area contributed by atoms with Crippen LogP contribution in [0, 0.1) is 6.92 Å². The summed E-state index contributed by atoms with van der Waals surface area (Å²) in [6, 6.07) is 4.52. The summed E-state index contributed by atoms with van der Waals surface area (Å²) in [7, 11) is -2.08. The minimum absolute atomic E-state index is 0.179. The Kier molecular flexibility index (Phi) is 5.81. The van der Waals surface area contributed by atoms with Gasteiger partial charge in [0.15, 0.2) is 0 Å². The molecule has 8 nitrogen and oxygen atoms in total. The topological polar surface area (TPSA) is 88.8 Å². The van der Waals surface area contributed by atoms with Crippen molar-refractivity contribution in [2.45, 2.75) is 18.2 Å². The van der Waals surface area contributed by atoms with Gasteiger partial charge in [-0.05, 0) is 18.2 Å². The van der Waals surface area contributed by atoms with Gasteiger partial charge in [0.25, 0.3) is 0 Å². The van der Waals surface area contributed by atoms with Crippen molar-refractivity contribution < 1.29 is 17.6 Å². The highest BCUT2D eigenvalue weighted by Crippen LogP contribution is 2.28. The number of ether oxygens (including phenoxy) is 1. The number of piperazine rings is 1. The van der Waals surface area contributed by atoms with Crippen molar-refractivity contribution in [1.82, 2.24) is 19.4 Å². The number of aryl methyl sites for hydroxylation is 1. The second-order valence-electron chi connectivity index (χ2n) is 6.01. The van der Waals surface area contributed by atoms with E-state index in [1.54, 1.807) is 13.0 Å². The Hall–Kier alpha value is -1.68. The summed E-state index contributed by atoms with van der Waals surface area (Å²) >= 11 is 6.06. The molecule has 10 heteroatoms. The molecule has 3 rings (SSSR count). The average Bonchev–Trinajstić information content (AvgIpc) is 3.05. The maximum absolute atomic E-state index is 12.8. The molecule has 0 N–H and O–H groups in total. The standard InChI is InChI=1S/C16H21ClN4O4S/c1-12-18-19-16(25-12)5-6-20-7-9-21(10-8-20)26(22,23)13-3-4-15(24-2)14(17)11-13/h3-4,11H,5-10H2,1-2H3. The van der Waals surface area contributed by atoms with Crippen LogP contribution in [0.1, 0.15) is 11.8 Å². The molecule has 0 radical (unpaired) electrons. The third-order valence-corrected chi connectivity index (χ3v) is 6.49. The Balaban J connectivity index is 1.58. The molecule has 0 amide bonds. The average molecular weight is 401 g/mol. The molecule has 1 aliphatic heterocycles. The van der Waals surface area contributed by atoms with E-state index in [2.05, 4.69) is 15.1 Å². The zero-order valence-corrected chi connectivity index (χ0v) is 16.3. The molecule has 0 aliphatic carbocycles. The first-order chi connectivity index (χ1) is 12.4. The van der Waals surface area contributed by atoms with Gasteiger partial charge in [-0.1, -0.05) is 11.6 Å². The number of benzene rings is 1. The Morgan fingerprint density at radius 3 is 2.54 bits per heavy atom. The smallest absolute Gasteiger partial charge is 0.243 e. The summed E-state index contributed by atoms with van der Waals surface area (Å²) in [6.07, 6.45) is 0.654. The zero-order chi connectivity index (χ0) is 18.7. The van der Waals surface area contributed by atoms with Crippen LogP contribution in [0.25, 0.3) is 0 Å². The van der Waals surface area contributed by atoms with Crippen LogP contribution in [0.2, 0.25) is 5.02 Å². The van der Waals surface area contributed by atoms with Gasteiger partial charge in [-0.25, -0.2) is 8.42 Å². The highest BCUT2D eigenvalue weighted by atomic mass is 35.5. The van der Waals surface area contributed by atoms with E-state index in [9.17, 15) is 8.42 Å². The third-order valence-electron chi connectivity index (χ3n) is 4.30. The van der Waals surface area contributed by atoms with Crippen molar-refractivity contribution >= 4 is 21.6 Å². The molecule has 0 bridgehead atoms. The van der Waals surface area contributed by atoms with Gasteiger partial charge in [0.05, 0.1) is 17.0 Å². The van der Waals surface area contributed by atoms with E-state index in [4.69, 9.17) is 20.8 Å². The van der Waals surface area contributed by atoms with Crippen LogP contribution in [0.15, 0.2) is 27.5 Å². The van der Waals surface area contributed by atoms with Crippen molar-refractivity contribution in [3.05, 3.63) is 35.0 Å². The van der Waals surface area contributed by atoms with Crippen LogP contribution < -0.4 is 4.74 Å². The molecule has 1 saturated heterocycles. The number of nitrogens with zero attached hydrogens (tertiary/aromatic N) is 4. The van der Waals surface area contributed by atoms with E-state index in [1.807, 2.05) is 0 Å². The van der Waals surface area contributed by atoms with Crippen molar-refractivity contribution in [3.63, 3.8) is 0 Å². The summed E-state index contributed by atoms with van der Waals surface area (Å²) < 4.78 is 37.5. The van der Waals surface area contributed by atoms with E-state index < -0.39 is 10.0 Å². The quantitative estimate of drug-likeness (QED) is 0.727. The van der Waals surface area contributed by atoms with E-state index in [1.165, 1.54) is 23.5 Å². The van der Waals surface area contributed by atoms with Crippen LogP contribution in [-0.2, 0) is 16.4 Å². The first-order valence-corrected chi connectivity index (χ1v) is 10.1. The molecule has 1 aliphatic rings.